The molecule has 242 valence electrons. The van der Waals surface area contributed by atoms with E-state index in [4.69, 9.17) is 5.73 Å². The fraction of sp³-hybridized carbons (Fsp3) is 0.306. The summed E-state index contributed by atoms with van der Waals surface area (Å²) in [5, 5.41) is 16.3. The minimum atomic E-state index is -4.13. The highest BCUT2D eigenvalue weighted by Gasteiger charge is 2.39. The number of nitrogens with two attached hydrogens (primary N) is 1. The Kier molecular flexibility index (Phi) is 10.6. The van der Waals surface area contributed by atoms with Crippen LogP contribution in [0.2, 0.25) is 0 Å². The van der Waals surface area contributed by atoms with E-state index in [0.29, 0.717) is 16.5 Å². The van der Waals surface area contributed by atoms with Crippen LogP contribution >= 0.6 is 0 Å². The molecular weight excluding hydrogens is 602 g/mol. The molecule has 0 aliphatic carbocycles. The summed E-state index contributed by atoms with van der Waals surface area (Å²) in [6.07, 6.45) is -1.27. The number of hydrogen-bond acceptors (Lipinski definition) is 6. The number of aliphatic hydroxyl groups excluding tert-OH is 1. The molecule has 0 bridgehead atoms. The molecule has 3 amide bonds. The maximum absolute atomic E-state index is 13.7. The van der Waals surface area contributed by atoms with Gasteiger partial charge >= 0.3 is 0 Å². The Morgan fingerprint density at radius 2 is 1.46 bits per heavy atom. The Morgan fingerprint density at radius 1 is 0.848 bits per heavy atom. The average Bonchev–Trinajstić information content (AvgIpc) is 2.99. The van der Waals surface area contributed by atoms with Crippen LogP contribution in [0.15, 0.2) is 102 Å². The molecule has 0 saturated heterocycles. The topological polar surface area (TPSA) is 147 Å². The molecule has 0 unspecified atom stereocenters. The van der Waals surface area contributed by atoms with Crippen molar-refractivity contribution in [1.29, 1.82) is 0 Å². The second-order valence-corrected chi connectivity index (χ2v) is 14.6. The van der Waals surface area contributed by atoms with E-state index in [1.165, 1.54) is 19.1 Å². The molecule has 0 radical (unpaired) electrons. The van der Waals surface area contributed by atoms with Crippen LogP contribution < -0.4 is 11.1 Å². The van der Waals surface area contributed by atoms with Gasteiger partial charge in [-0.1, -0.05) is 78.9 Å². The molecule has 4 aromatic rings. The summed E-state index contributed by atoms with van der Waals surface area (Å²) in [6.45, 7) is 6.80. The third-order valence-corrected chi connectivity index (χ3v) is 9.48. The molecule has 4 N–H and O–H groups in total. The van der Waals surface area contributed by atoms with Crippen LogP contribution in [0.1, 0.15) is 49.2 Å². The summed E-state index contributed by atoms with van der Waals surface area (Å²) in [5.74, 6) is -2.75. The SMILES string of the molecule is CC(=O)N([C@H](CS(=O)(=O)c1ccc2ccccc2c1)C(N)=O)[C@@H](Cc1ccccc1)[C@H](O)Cc1ccccc1C(=O)NC(C)(C)C. The normalized spacial score (nSPS) is 13.8. The van der Waals surface area contributed by atoms with E-state index >= 15 is 0 Å². The number of aliphatic hydroxyl groups is 1. The van der Waals surface area contributed by atoms with Crippen molar-refractivity contribution in [2.24, 2.45) is 5.73 Å². The van der Waals surface area contributed by atoms with Crippen molar-refractivity contribution in [3.05, 3.63) is 114 Å². The standard InChI is InChI=1S/C36H41N3O6S/c1-24(40)39(32(34(37)42)23-46(44,45)29-19-18-26-14-8-9-15-27(26)21-29)31(20-25-12-6-5-7-13-25)33(41)22-28-16-10-11-17-30(28)35(43)38-36(2,3)4/h5-19,21,31-33,41H,20,22-23H2,1-4H3,(H2,37,42)(H,38,43)/t31-,32+,33+/m0/s1. The van der Waals surface area contributed by atoms with Gasteiger partial charge in [-0.2, -0.15) is 0 Å². The van der Waals surface area contributed by atoms with Crippen LogP contribution in [-0.2, 0) is 32.3 Å². The van der Waals surface area contributed by atoms with Crippen molar-refractivity contribution >= 4 is 38.3 Å². The third kappa shape index (κ3) is 8.58. The Hall–Kier alpha value is -4.54. The van der Waals surface area contributed by atoms with Crippen LogP contribution in [0.25, 0.3) is 10.8 Å². The van der Waals surface area contributed by atoms with Crippen molar-refractivity contribution < 1.29 is 27.9 Å². The highest BCUT2D eigenvalue weighted by Crippen LogP contribution is 2.25. The monoisotopic (exact) mass is 643 g/mol. The quantitative estimate of drug-likeness (QED) is 0.212. The van der Waals surface area contributed by atoms with E-state index < -0.39 is 51.1 Å². The van der Waals surface area contributed by atoms with Crippen LogP contribution in [0.5, 0.6) is 0 Å². The number of primary amides is 1. The molecular formula is C36H41N3O6S. The summed E-state index contributed by atoms with van der Waals surface area (Å²) < 4.78 is 27.5. The van der Waals surface area contributed by atoms with Crippen LogP contribution in [0.4, 0.5) is 0 Å². The molecule has 0 heterocycles. The van der Waals surface area contributed by atoms with Crippen LogP contribution in [0.3, 0.4) is 0 Å². The first-order chi connectivity index (χ1) is 21.7. The number of nitrogens with zero attached hydrogens (tertiary/aromatic N) is 1. The number of rotatable bonds is 12. The number of benzene rings is 4. The predicted molar refractivity (Wildman–Crippen MR) is 179 cm³/mol. The Bertz CT molecular complexity index is 1820. The second kappa shape index (κ2) is 14.3. The molecule has 0 aliphatic rings. The summed E-state index contributed by atoms with van der Waals surface area (Å²) in [4.78, 5) is 40.6. The lowest BCUT2D eigenvalue weighted by atomic mass is 9.91. The fourth-order valence-electron chi connectivity index (χ4n) is 5.61. The Labute approximate surface area is 270 Å². The van der Waals surface area contributed by atoms with Gasteiger partial charge in [0.1, 0.15) is 6.04 Å². The molecule has 4 rings (SSSR count). The van der Waals surface area contributed by atoms with Gasteiger partial charge in [0.25, 0.3) is 5.91 Å². The first kappa shape index (κ1) is 34.3. The van der Waals surface area contributed by atoms with E-state index in [0.717, 1.165) is 15.8 Å². The largest absolute Gasteiger partial charge is 0.391 e. The van der Waals surface area contributed by atoms with Gasteiger partial charge in [0.2, 0.25) is 11.8 Å². The Balaban J connectivity index is 1.73. The van der Waals surface area contributed by atoms with Gasteiger partial charge in [-0.25, -0.2) is 8.42 Å². The van der Waals surface area contributed by atoms with E-state index in [-0.39, 0.29) is 23.6 Å². The molecule has 0 aliphatic heterocycles. The highest BCUT2D eigenvalue weighted by molar-refractivity contribution is 7.91. The van der Waals surface area contributed by atoms with E-state index in [1.807, 2.05) is 51.1 Å². The molecule has 0 saturated carbocycles. The zero-order valence-corrected chi connectivity index (χ0v) is 27.3. The zero-order chi connectivity index (χ0) is 33.6. The van der Waals surface area contributed by atoms with Crippen LogP contribution in [0, 0.1) is 0 Å². The molecule has 0 aromatic heterocycles. The third-order valence-electron chi connectivity index (χ3n) is 7.75. The number of nitrogens with one attached hydrogen (secondary N) is 1. The number of carbonyl (C=O) groups is 3. The van der Waals surface area contributed by atoms with Gasteiger partial charge in [0, 0.05) is 24.4 Å². The van der Waals surface area contributed by atoms with Crippen molar-refractivity contribution in [3.63, 3.8) is 0 Å². The van der Waals surface area contributed by atoms with E-state index in [1.54, 1.807) is 54.6 Å². The highest BCUT2D eigenvalue weighted by atomic mass is 32.2. The number of carbonyl (C=O) groups excluding carboxylic acids is 3. The molecule has 9 nitrogen and oxygen atoms in total. The van der Waals surface area contributed by atoms with Gasteiger partial charge < -0.3 is 21.1 Å². The molecule has 46 heavy (non-hydrogen) atoms. The van der Waals surface area contributed by atoms with E-state index in [2.05, 4.69) is 5.32 Å². The number of amides is 3. The first-order valence-electron chi connectivity index (χ1n) is 15.1. The van der Waals surface area contributed by atoms with Crippen LogP contribution in [-0.4, -0.2) is 65.6 Å². The van der Waals surface area contributed by atoms with Gasteiger partial charge in [-0.3, -0.25) is 14.4 Å². The molecule has 0 fully saturated rings. The summed E-state index contributed by atoms with van der Waals surface area (Å²) in [6, 6.07) is 25.2. The second-order valence-electron chi connectivity index (χ2n) is 12.5. The summed E-state index contributed by atoms with van der Waals surface area (Å²) >= 11 is 0. The fourth-order valence-corrected chi connectivity index (χ4v) is 7.13. The summed E-state index contributed by atoms with van der Waals surface area (Å²) in [7, 11) is -4.13. The summed E-state index contributed by atoms with van der Waals surface area (Å²) in [5.41, 5.74) is 6.95. The van der Waals surface area contributed by atoms with Gasteiger partial charge in [0.05, 0.1) is 22.8 Å². The molecule has 3 atom stereocenters. The van der Waals surface area contributed by atoms with Gasteiger partial charge in [0.15, 0.2) is 9.84 Å². The minimum Gasteiger partial charge on any atom is -0.391 e. The Morgan fingerprint density at radius 3 is 2.09 bits per heavy atom. The van der Waals surface area contributed by atoms with E-state index in [9.17, 15) is 27.9 Å². The van der Waals surface area contributed by atoms with Crippen molar-refractivity contribution in [1.82, 2.24) is 10.2 Å². The predicted octanol–water partition coefficient (Wildman–Crippen LogP) is 4.06. The molecule has 4 aromatic carbocycles. The van der Waals surface area contributed by atoms with Crippen molar-refractivity contribution in [2.75, 3.05) is 5.75 Å². The number of sulfone groups is 1. The first-order valence-corrected chi connectivity index (χ1v) is 16.7. The number of hydrogen-bond donors (Lipinski definition) is 3. The molecule has 0 spiro atoms. The lowest BCUT2D eigenvalue weighted by molar-refractivity contribution is -0.142. The van der Waals surface area contributed by atoms with Crippen molar-refractivity contribution in [3.8, 4) is 0 Å². The lowest BCUT2D eigenvalue weighted by Gasteiger charge is -2.39. The maximum Gasteiger partial charge on any atom is 0.251 e. The average molecular weight is 644 g/mol. The van der Waals surface area contributed by atoms with Gasteiger partial charge in [-0.05, 0) is 67.3 Å². The lowest BCUT2D eigenvalue weighted by Crippen LogP contribution is -2.59. The molecule has 10 heteroatoms. The minimum absolute atomic E-state index is 0.0140. The number of fused-ring (bicyclic) bond motifs is 1. The zero-order valence-electron chi connectivity index (χ0n) is 26.5. The van der Waals surface area contributed by atoms with Crippen molar-refractivity contribution in [2.45, 2.75) is 69.2 Å². The smallest absolute Gasteiger partial charge is 0.251 e. The maximum atomic E-state index is 13.7. The van der Waals surface area contributed by atoms with Gasteiger partial charge in [-0.15, -0.1) is 0 Å².